The van der Waals surface area contributed by atoms with E-state index in [9.17, 15) is 4.79 Å². The van der Waals surface area contributed by atoms with Gasteiger partial charge in [-0.3, -0.25) is 4.79 Å². The molecule has 1 aliphatic heterocycles. The molecule has 0 amide bonds. The number of para-hydroxylation sites is 1. The summed E-state index contributed by atoms with van der Waals surface area (Å²) in [6.07, 6.45) is 0.667. The van der Waals surface area contributed by atoms with Crippen LogP contribution in [0, 0.1) is 13.8 Å². The molecule has 1 saturated heterocycles. The number of benzene rings is 1. The number of rotatable bonds is 1. The van der Waals surface area contributed by atoms with Crippen molar-refractivity contribution in [3.8, 4) is 0 Å². The van der Waals surface area contributed by atoms with E-state index in [-0.39, 0.29) is 5.54 Å². The van der Waals surface area contributed by atoms with Gasteiger partial charge in [-0.05, 0) is 38.8 Å². The van der Waals surface area contributed by atoms with Gasteiger partial charge in [-0.25, -0.2) is 0 Å². The minimum Gasteiger partial charge on any atom is -0.358 e. The molecule has 0 saturated carbocycles. The van der Waals surface area contributed by atoms with Crippen molar-refractivity contribution in [1.29, 1.82) is 0 Å². The summed E-state index contributed by atoms with van der Waals surface area (Å²) in [4.78, 5) is 14.1. The van der Waals surface area contributed by atoms with Crippen LogP contribution in [0.15, 0.2) is 18.2 Å². The number of Topliss-reactive ketones (excluding diaryl/α,β-unsaturated/α-hetero) is 1. The number of anilines is 1. The second kappa shape index (κ2) is 3.62. The van der Waals surface area contributed by atoms with Crippen LogP contribution in [0.3, 0.4) is 0 Å². The fourth-order valence-corrected chi connectivity index (χ4v) is 2.57. The van der Waals surface area contributed by atoms with E-state index >= 15 is 0 Å². The van der Waals surface area contributed by atoms with Crippen molar-refractivity contribution in [1.82, 2.24) is 0 Å². The van der Waals surface area contributed by atoms with E-state index in [1.54, 1.807) is 0 Å². The van der Waals surface area contributed by atoms with Gasteiger partial charge in [0.05, 0.1) is 5.54 Å². The summed E-state index contributed by atoms with van der Waals surface area (Å²) in [5.74, 6) is 0.343. The summed E-state index contributed by atoms with van der Waals surface area (Å²) in [7, 11) is 0. The number of carbonyl (C=O) groups is 1. The quantitative estimate of drug-likeness (QED) is 0.721. The predicted octanol–water partition coefficient (Wildman–Crippen LogP) is 2.86. The van der Waals surface area contributed by atoms with E-state index < -0.39 is 0 Å². The van der Waals surface area contributed by atoms with Crippen molar-refractivity contribution in [3.05, 3.63) is 29.3 Å². The van der Waals surface area contributed by atoms with Gasteiger partial charge in [-0.2, -0.15) is 0 Å². The van der Waals surface area contributed by atoms with Crippen LogP contribution in [0.1, 0.15) is 31.4 Å². The molecule has 2 heteroatoms. The first-order valence-corrected chi connectivity index (χ1v) is 5.82. The average Bonchev–Trinajstić information content (AvgIpc) is 2.44. The summed E-state index contributed by atoms with van der Waals surface area (Å²) >= 11 is 0. The Kier molecular flexibility index (Phi) is 2.53. The van der Waals surface area contributed by atoms with Crippen LogP contribution in [0.2, 0.25) is 0 Å². The molecular formula is C14H19NO. The van der Waals surface area contributed by atoms with Crippen molar-refractivity contribution in [2.24, 2.45) is 0 Å². The van der Waals surface area contributed by atoms with Gasteiger partial charge in [0.1, 0.15) is 0 Å². The molecule has 0 N–H and O–H groups in total. The number of aryl methyl sites for hydroxylation is 2. The summed E-state index contributed by atoms with van der Waals surface area (Å²) in [5.41, 5.74) is 3.39. The van der Waals surface area contributed by atoms with E-state index in [2.05, 4.69) is 36.9 Å². The molecule has 0 spiro atoms. The van der Waals surface area contributed by atoms with Crippen LogP contribution < -0.4 is 4.90 Å². The van der Waals surface area contributed by atoms with E-state index in [1.807, 2.05) is 13.8 Å². The largest absolute Gasteiger partial charge is 0.358 e. The van der Waals surface area contributed by atoms with Crippen LogP contribution >= 0.6 is 0 Å². The van der Waals surface area contributed by atoms with Crippen molar-refractivity contribution in [3.63, 3.8) is 0 Å². The van der Waals surface area contributed by atoms with Gasteiger partial charge in [0.15, 0.2) is 5.78 Å². The third-order valence-electron chi connectivity index (χ3n) is 3.63. The maximum absolute atomic E-state index is 11.9. The van der Waals surface area contributed by atoms with Gasteiger partial charge >= 0.3 is 0 Å². The Morgan fingerprint density at radius 3 is 2.19 bits per heavy atom. The first-order valence-electron chi connectivity index (χ1n) is 5.82. The fourth-order valence-electron chi connectivity index (χ4n) is 2.57. The van der Waals surface area contributed by atoms with E-state index in [1.165, 1.54) is 16.8 Å². The molecule has 0 aromatic heterocycles. The zero-order chi connectivity index (χ0) is 11.9. The van der Waals surface area contributed by atoms with Gasteiger partial charge in [0.2, 0.25) is 0 Å². The third-order valence-corrected chi connectivity index (χ3v) is 3.63. The lowest BCUT2D eigenvalue weighted by Gasteiger charge is -2.34. The lowest BCUT2D eigenvalue weighted by molar-refractivity contribution is -0.120. The normalized spacial score (nSPS) is 19.2. The monoisotopic (exact) mass is 217 g/mol. The molecule has 0 unspecified atom stereocenters. The molecule has 0 bridgehead atoms. The maximum Gasteiger partial charge on any atom is 0.159 e. The Morgan fingerprint density at radius 1 is 1.19 bits per heavy atom. The summed E-state index contributed by atoms with van der Waals surface area (Å²) in [5, 5.41) is 0. The third kappa shape index (κ3) is 1.53. The highest BCUT2D eigenvalue weighted by molar-refractivity contribution is 5.95. The standard InChI is InChI=1S/C14H19NO/c1-10-6-5-7-11(2)13(10)15-9-8-12(16)14(15,3)4/h5-7H,8-9H2,1-4H3. The Balaban J connectivity index is 2.50. The Morgan fingerprint density at radius 2 is 1.75 bits per heavy atom. The fraction of sp³-hybridized carbons (Fsp3) is 0.500. The van der Waals surface area contributed by atoms with E-state index in [4.69, 9.17) is 0 Å². The molecule has 86 valence electrons. The highest BCUT2D eigenvalue weighted by atomic mass is 16.1. The Bertz CT molecular complexity index is 414. The molecule has 2 nitrogen and oxygen atoms in total. The van der Waals surface area contributed by atoms with E-state index in [0.717, 1.165) is 6.54 Å². The van der Waals surface area contributed by atoms with Crippen molar-refractivity contribution in [2.75, 3.05) is 11.4 Å². The zero-order valence-electron chi connectivity index (χ0n) is 10.5. The second-order valence-corrected chi connectivity index (χ2v) is 5.12. The molecule has 1 aromatic carbocycles. The maximum atomic E-state index is 11.9. The number of carbonyl (C=O) groups excluding carboxylic acids is 1. The highest BCUT2D eigenvalue weighted by Gasteiger charge is 2.40. The van der Waals surface area contributed by atoms with Gasteiger partial charge in [-0.1, -0.05) is 18.2 Å². The van der Waals surface area contributed by atoms with Gasteiger partial charge in [0.25, 0.3) is 0 Å². The lowest BCUT2D eigenvalue weighted by Crippen LogP contribution is -2.43. The van der Waals surface area contributed by atoms with Crippen molar-refractivity contribution < 1.29 is 4.79 Å². The molecule has 0 aliphatic carbocycles. The van der Waals surface area contributed by atoms with Crippen LogP contribution in [-0.4, -0.2) is 17.9 Å². The van der Waals surface area contributed by atoms with Gasteiger partial charge in [0, 0.05) is 18.7 Å². The minimum atomic E-state index is -0.350. The smallest absolute Gasteiger partial charge is 0.159 e. The molecule has 0 atom stereocenters. The molecule has 1 aliphatic rings. The first kappa shape index (κ1) is 11.2. The van der Waals surface area contributed by atoms with Gasteiger partial charge < -0.3 is 4.90 Å². The molecule has 1 fully saturated rings. The number of hydrogen-bond donors (Lipinski definition) is 0. The minimum absolute atomic E-state index is 0.343. The predicted molar refractivity (Wildman–Crippen MR) is 67.0 cm³/mol. The molecule has 2 rings (SSSR count). The van der Waals surface area contributed by atoms with Crippen LogP contribution in [-0.2, 0) is 4.79 Å². The van der Waals surface area contributed by atoms with E-state index in [0.29, 0.717) is 12.2 Å². The molecular weight excluding hydrogens is 198 g/mol. The average molecular weight is 217 g/mol. The van der Waals surface area contributed by atoms with Crippen LogP contribution in [0.25, 0.3) is 0 Å². The highest BCUT2D eigenvalue weighted by Crippen LogP contribution is 2.35. The SMILES string of the molecule is Cc1cccc(C)c1N1CCC(=O)C1(C)C. The number of ketones is 1. The lowest BCUT2D eigenvalue weighted by atomic mass is 9.98. The topological polar surface area (TPSA) is 20.3 Å². The van der Waals surface area contributed by atoms with Crippen molar-refractivity contribution >= 4 is 11.5 Å². The molecule has 1 heterocycles. The zero-order valence-corrected chi connectivity index (χ0v) is 10.5. The molecule has 1 aromatic rings. The van der Waals surface area contributed by atoms with Crippen LogP contribution in [0.4, 0.5) is 5.69 Å². The Hall–Kier alpha value is -1.31. The van der Waals surface area contributed by atoms with Crippen molar-refractivity contribution in [2.45, 2.75) is 39.7 Å². The summed E-state index contributed by atoms with van der Waals surface area (Å²) < 4.78 is 0. The number of hydrogen-bond acceptors (Lipinski definition) is 2. The number of nitrogens with zero attached hydrogens (tertiary/aromatic N) is 1. The summed E-state index contributed by atoms with van der Waals surface area (Å²) in [6.45, 7) is 9.11. The summed E-state index contributed by atoms with van der Waals surface area (Å²) in [6, 6.07) is 6.29. The molecule has 0 radical (unpaired) electrons. The Labute approximate surface area is 97.3 Å². The first-order chi connectivity index (χ1) is 7.44. The molecule has 16 heavy (non-hydrogen) atoms. The van der Waals surface area contributed by atoms with Crippen LogP contribution in [0.5, 0.6) is 0 Å². The second-order valence-electron chi connectivity index (χ2n) is 5.12. The van der Waals surface area contributed by atoms with Gasteiger partial charge in [-0.15, -0.1) is 0 Å².